The van der Waals surface area contributed by atoms with Crippen LogP contribution in [-0.2, 0) is 9.53 Å². The molecule has 0 spiro atoms. The first kappa shape index (κ1) is 19.8. The average molecular weight is 385 g/mol. The number of nitro benzene ring substituents is 1. The normalized spacial score (nSPS) is 15.6. The molecule has 2 aromatic carbocycles. The average Bonchev–Trinajstić information content (AvgIpc) is 2.74. The summed E-state index contributed by atoms with van der Waals surface area (Å²) in [5.74, 6) is -0.247. The molecule has 0 aromatic heterocycles. The number of carbonyl (C=O) groups excluding carboxylic acids is 1. The second-order valence-electron chi connectivity index (χ2n) is 6.39. The predicted octanol–water partition coefficient (Wildman–Crippen LogP) is 2.16. The van der Waals surface area contributed by atoms with Crippen molar-refractivity contribution in [1.29, 1.82) is 0 Å². The van der Waals surface area contributed by atoms with Crippen molar-refractivity contribution in [2.75, 3.05) is 39.5 Å². The molecular weight excluding hydrogens is 362 g/mol. The fourth-order valence-electron chi connectivity index (χ4n) is 3.16. The molecule has 0 aliphatic carbocycles. The molecule has 1 N–H and O–H groups in total. The zero-order valence-corrected chi connectivity index (χ0v) is 15.5. The Hall–Kier alpha value is -2.97. The Morgan fingerprint density at radius 3 is 2.54 bits per heavy atom. The van der Waals surface area contributed by atoms with Gasteiger partial charge in [0.1, 0.15) is 0 Å². The predicted molar refractivity (Wildman–Crippen MR) is 103 cm³/mol. The zero-order valence-electron chi connectivity index (χ0n) is 15.5. The molecule has 1 unspecified atom stereocenters. The van der Waals surface area contributed by atoms with Crippen molar-refractivity contribution in [3.05, 3.63) is 70.3 Å². The van der Waals surface area contributed by atoms with Gasteiger partial charge in [0.2, 0.25) is 0 Å². The molecule has 8 nitrogen and oxygen atoms in total. The van der Waals surface area contributed by atoms with Crippen LogP contribution in [0.2, 0.25) is 0 Å². The summed E-state index contributed by atoms with van der Waals surface area (Å²) in [4.78, 5) is 25.0. The van der Waals surface area contributed by atoms with Crippen LogP contribution in [0.25, 0.3) is 0 Å². The maximum absolute atomic E-state index is 12.3. The fourth-order valence-corrected chi connectivity index (χ4v) is 3.16. The molecule has 3 rings (SSSR count). The van der Waals surface area contributed by atoms with E-state index in [0.717, 1.165) is 18.7 Å². The van der Waals surface area contributed by atoms with Gasteiger partial charge < -0.3 is 14.8 Å². The van der Waals surface area contributed by atoms with E-state index in [1.54, 1.807) is 12.1 Å². The van der Waals surface area contributed by atoms with Crippen LogP contribution in [0.1, 0.15) is 11.6 Å². The van der Waals surface area contributed by atoms with Gasteiger partial charge in [-0.15, -0.1) is 0 Å². The van der Waals surface area contributed by atoms with Gasteiger partial charge in [-0.25, -0.2) is 0 Å². The molecule has 1 atom stereocenters. The van der Waals surface area contributed by atoms with Gasteiger partial charge in [-0.1, -0.05) is 42.5 Å². The second kappa shape index (κ2) is 9.82. The smallest absolute Gasteiger partial charge is 0.310 e. The van der Waals surface area contributed by atoms with E-state index in [4.69, 9.17) is 9.47 Å². The van der Waals surface area contributed by atoms with Crippen molar-refractivity contribution in [3.63, 3.8) is 0 Å². The minimum absolute atomic E-state index is 0.0279. The van der Waals surface area contributed by atoms with E-state index in [2.05, 4.69) is 10.2 Å². The lowest BCUT2D eigenvalue weighted by atomic mass is 10.0. The molecule has 8 heteroatoms. The number of carbonyl (C=O) groups is 1. The van der Waals surface area contributed by atoms with Gasteiger partial charge in [-0.05, 0) is 11.6 Å². The highest BCUT2D eigenvalue weighted by molar-refractivity contribution is 5.77. The highest BCUT2D eigenvalue weighted by Gasteiger charge is 2.23. The molecule has 28 heavy (non-hydrogen) atoms. The molecule has 1 aliphatic rings. The van der Waals surface area contributed by atoms with E-state index in [9.17, 15) is 14.9 Å². The lowest BCUT2D eigenvalue weighted by Crippen LogP contribution is -2.44. The van der Waals surface area contributed by atoms with Crippen LogP contribution in [0.4, 0.5) is 5.69 Å². The molecule has 148 valence electrons. The van der Waals surface area contributed by atoms with Crippen molar-refractivity contribution in [2.45, 2.75) is 6.04 Å². The van der Waals surface area contributed by atoms with Crippen molar-refractivity contribution < 1.29 is 19.2 Å². The van der Waals surface area contributed by atoms with Gasteiger partial charge in [0, 0.05) is 25.7 Å². The summed E-state index contributed by atoms with van der Waals surface area (Å²) in [7, 11) is 0. The van der Waals surface area contributed by atoms with Crippen molar-refractivity contribution in [1.82, 2.24) is 10.2 Å². The van der Waals surface area contributed by atoms with E-state index in [0.29, 0.717) is 19.8 Å². The molecule has 0 radical (unpaired) electrons. The number of nitrogens with zero attached hydrogens (tertiary/aromatic N) is 2. The third-order valence-corrected chi connectivity index (χ3v) is 4.58. The van der Waals surface area contributed by atoms with E-state index in [-0.39, 0.29) is 30.0 Å². The number of benzene rings is 2. The summed E-state index contributed by atoms with van der Waals surface area (Å²) in [6.07, 6.45) is 0. The Bertz CT molecular complexity index is 793. The molecule has 1 amide bonds. The molecule has 0 bridgehead atoms. The monoisotopic (exact) mass is 385 g/mol. The topological polar surface area (TPSA) is 93.9 Å². The number of nitrogens with one attached hydrogen (secondary N) is 1. The van der Waals surface area contributed by atoms with E-state index in [1.807, 2.05) is 30.3 Å². The molecule has 1 aliphatic heterocycles. The summed E-state index contributed by atoms with van der Waals surface area (Å²) in [5.41, 5.74) is 0.954. The number of amides is 1. The number of para-hydroxylation sites is 2. The van der Waals surface area contributed by atoms with Crippen LogP contribution >= 0.6 is 0 Å². The van der Waals surface area contributed by atoms with Crippen LogP contribution in [0, 0.1) is 10.1 Å². The minimum Gasteiger partial charge on any atom is -0.477 e. The number of ether oxygens (including phenoxy) is 2. The molecule has 1 saturated heterocycles. The number of nitro groups is 1. The third-order valence-electron chi connectivity index (χ3n) is 4.58. The van der Waals surface area contributed by atoms with Gasteiger partial charge >= 0.3 is 5.69 Å². The highest BCUT2D eigenvalue weighted by Crippen LogP contribution is 2.25. The van der Waals surface area contributed by atoms with Gasteiger partial charge in [0.05, 0.1) is 24.2 Å². The number of hydrogen-bond acceptors (Lipinski definition) is 6. The summed E-state index contributed by atoms with van der Waals surface area (Å²) in [6, 6.07) is 16.0. The molecule has 1 heterocycles. The SMILES string of the molecule is O=C(COc1ccccc1[N+](=O)[O-])NCC(c1ccccc1)N1CCOCC1. The zero-order chi connectivity index (χ0) is 19.8. The highest BCUT2D eigenvalue weighted by atomic mass is 16.6. The van der Waals surface area contributed by atoms with Crippen molar-refractivity contribution in [2.24, 2.45) is 0 Å². The number of hydrogen-bond donors (Lipinski definition) is 1. The molecular formula is C20H23N3O5. The molecule has 0 saturated carbocycles. The first-order chi connectivity index (χ1) is 13.6. The quantitative estimate of drug-likeness (QED) is 0.553. The largest absolute Gasteiger partial charge is 0.477 e. The molecule has 1 fully saturated rings. The van der Waals surface area contributed by atoms with Crippen LogP contribution in [0.5, 0.6) is 5.75 Å². The Morgan fingerprint density at radius 1 is 1.14 bits per heavy atom. The Balaban J connectivity index is 1.58. The number of rotatable bonds is 8. The standard InChI is InChI=1S/C20H23N3O5/c24-20(15-28-19-9-5-4-8-17(19)23(25)26)21-14-18(16-6-2-1-3-7-16)22-10-12-27-13-11-22/h1-9,18H,10-15H2,(H,21,24). The lowest BCUT2D eigenvalue weighted by molar-refractivity contribution is -0.385. The lowest BCUT2D eigenvalue weighted by Gasteiger charge is -2.34. The summed E-state index contributed by atoms with van der Waals surface area (Å²) < 4.78 is 10.8. The first-order valence-electron chi connectivity index (χ1n) is 9.15. The maximum atomic E-state index is 12.3. The van der Waals surface area contributed by atoms with E-state index in [1.165, 1.54) is 12.1 Å². The third kappa shape index (κ3) is 5.28. The van der Waals surface area contributed by atoms with Crippen LogP contribution in [-0.4, -0.2) is 55.2 Å². The van der Waals surface area contributed by atoms with Crippen molar-refractivity contribution >= 4 is 11.6 Å². The van der Waals surface area contributed by atoms with Crippen LogP contribution in [0.3, 0.4) is 0 Å². The van der Waals surface area contributed by atoms with Gasteiger partial charge in [0.25, 0.3) is 5.91 Å². The second-order valence-corrected chi connectivity index (χ2v) is 6.39. The van der Waals surface area contributed by atoms with E-state index >= 15 is 0 Å². The molecule has 2 aromatic rings. The van der Waals surface area contributed by atoms with E-state index < -0.39 is 4.92 Å². The van der Waals surface area contributed by atoms with Gasteiger partial charge in [0.15, 0.2) is 12.4 Å². The fraction of sp³-hybridized carbons (Fsp3) is 0.350. The van der Waals surface area contributed by atoms with Crippen molar-refractivity contribution in [3.8, 4) is 5.75 Å². The first-order valence-corrected chi connectivity index (χ1v) is 9.15. The minimum atomic E-state index is -0.531. The summed E-state index contributed by atoms with van der Waals surface area (Å²) >= 11 is 0. The van der Waals surface area contributed by atoms with Crippen LogP contribution in [0.15, 0.2) is 54.6 Å². The van der Waals surface area contributed by atoms with Gasteiger partial charge in [-0.2, -0.15) is 0 Å². The Labute approximate surface area is 163 Å². The summed E-state index contributed by atoms with van der Waals surface area (Å²) in [5, 5.41) is 13.9. The summed E-state index contributed by atoms with van der Waals surface area (Å²) in [6.45, 7) is 3.05. The maximum Gasteiger partial charge on any atom is 0.310 e. The van der Waals surface area contributed by atoms with Crippen LogP contribution < -0.4 is 10.1 Å². The van der Waals surface area contributed by atoms with Gasteiger partial charge in [-0.3, -0.25) is 19.8 Å². The Morgan fingerprint density at radius 2 is 1.82 bits per heavy atom. The number of morpholine rings is 1. The Kier molecular flexibility index (Phi) is 6.94.